The van der Waals surface area contributed by atoms with E-state index in [1.165, 1.54) is 0 Å². The molecule has 0 bridgehead atoms. The Labute approximate surface area is 108 Å². The van der Waals surface area contributed by atoms with Crippen molar-refractivity contribution in [3.63, 3.8) is 0 Å². The minimum Gasteiger partial charge on any atom is -0.379 e. The molecule has 1 aliphatic heterocycles. The van der Waals surface area contributed by atoms with E-state index in [1.54, 1.807) is 6.92 Å². The number of rotatable bonds is 2. The molecule has 1 saturated heterocycles. The molecule has 0 aliphatic carbocycles. The standard InChI is InChI=1S/C13H14F3NO2/c1-13(3-2-4-19-7-13)17-12(18)8-5-9(14)11(16)10(15)6-8/h5-6H,2-4,7H2,1H3,(H,17,18). The second-order valence-electron chi connectivity index (χ2n) is 4.92. The summed E-state index contributed by atoms with van der Waals surface area (Å²) in [4.78, 5) is 11.9. The van der Waals surface area contributed by atoms with Crippen LogP contribution in [-0.2, 0) is 4.74 Å². The van der Waals surface area contributed by atoms with Gasteiger partial charge in [-0.25, -0.2) is 13.2 Å². The van der Waals surface area contributed by atoms with Gasteiger partial charge in [-0.1, -0.05) is 0 Å². The lowest BCUT2D eigenvalue weighted by atomic mass is 9.94. The van der Waals surface area contributed by atoms with E-state index in [-0.39, 0.29) is 5.56 Å². The van der Waals surface area contributed by atoms with Crippen molar-refractivity contribution < 1.29 is 22.7 Å². The number of nitrogens with one attached hydrogen (secondary N) is 1. The number of carbonyl (C=O) groups is 1. The first-order chi connectivity index (χ1) is 8.91. The predicted octanol–water partition coefficient (Wildman–Crippen LogP) is 2.40. The average Bonchev–Trinajstić information content (AvgIpc) is 2.35. The van der Waals surface area contributed by atoms with Crippen LogP contribution in [0.4, 0.5) is 13.2 Å². The molecule has 1 aromatic rings. The summed E-state index contributed by atoms with van der Waals surface area (Å²) in [5.41, 5.74) is -0.820. The molecule has 1 N–H and O–H groups in total. The van der Waals surface area contributed by atoms with Crippen LogP contribution in [0.2, 0.25) is 0 Å². The van der Waals surface area contributed by atoms with Crippen molar-refractivity contribution in [3.05, 3.63) is 35.1 Å². The zero-order valence-electron chi connectivity index (χ0n) is 10.4. The lowest BCUT2D eigenvalue weighted by Crippen LogP contribution is -2.51. The number of benzene rings is 1. The van der Waals surface area contributed by atoms with E-state index in [2.05, 4.69) is 5.32 Å². The van der Waals surface area contributed by atoms with Crippen LogP contribution in [0.3, 0.4) is 0 Å². The number of amides is 1. The molecule has 0 aromatic heterocycles. The number of hydrogen-bond acceptors (Lipinski definition) is 2. The van der Waals surface area contributed by atoms with Gasteiger partial charge in [0.2, 0.25) is 0 Å². The summed E-state index contributed by atoms with van der Waals surface area (Å²) in [5.74, 6) is -4.99. The average molecular weight is 273 g/mol. The van der Waals surface area contributed by atoms with Gasteiger partial charge < -0.3 is 10.1 Å². The quantitative estimate of drug-likeness (QED) is 0.840. The van der Waals surface area contributed by atoms with Gasteiger partial charge in [0.25, 0.3) is 5.91 Å². The van der Waals surface area contributed by atoms with Crippen molar-refractivity contribution in [2.45, 2.75) is 25.3 Å². The van der Waals surface area contributed by atoms with E-state index < -0.39 is 28.9 Å². The van der Waals surface area contributed by atoms with E-state index in [4.69, 9.17) is 4.74 Å². The summed E-state index contributed by atoms with van der Waals surface area (Å²) in [6.45, 7) is 2.76. The van der Waals surface area contributed by atoms with Crippen LogP contribution in [0, 0.1) is 17.5 Å². The van der Waals surface area contributed by atoms with Crippen LogP contribution >= 0.6 is 0 Å². The van der Waals surface area contributed by atoms with Crippen molar-refractivity contribution in [2.24, 2.45) is 0 Å². The lowest BCUT2D eigenvalue weighted by Gasteiger charge is -2.34. The van der Waals surface area contributed by atoms with E-state index in [0.29, 0.717) is 31.8 Å². The van der Waals surface area contributed by atoms with Crippen molar-refractivity contribution in [1.29, 1.82) is 0 Å². The summed E-state index contributed by atoms with van der Waals surface area (Å²) >= 11 is 0. The molecular formula is C13H14F3NO2. The Kier molecular flexibility index (Phi) is 3.80. The Morgan fingerprint density at radius 1 is 1.32 bits per heavy atom. The van der Waals surface area contributed by atoms with Crippen LogP contribution in [0.5, 0.6) is 0 Å². The maximum atomic E-state index is 13.1. The van der Waals surface area contributed by atoms with E-state index >= 15 is 0 Å². The second-order valence-corrected chi connectivity index (χ2v) is 4.92. The van der Waals surface area contributed by atoms with Crippen molar-refractivity contribution in [3.8, 4) is 0 Å². The largest absolute Gasteiger partial charge is 0.379 e. The predicted molar refractivity (Wildman–Crippen MR) is 62.2 cm³/mol. The Hall–Kier alpha value is -1.56. The molecule has 0 spiro atoms. The Bertz CT molecular complexity index is 476. The molecule has 3 nitrogen and oxygen atoms in total. The van der Waals surface area contributed by atoms with Crippen LogP contribution in [0.15, 0.2) is 12.1 Å². The number of ether oxygens (including phenoxy) is 1. The molecule has 1 fully saturated rings. The molecule has 1 amide bonds. The van der Waals surface area contributed by atoms with E-state index in [9.17, 15) is 18.0 Å². The first-order valence-corrected chi connectivity index (χ1v) is 5.96. The first-order valence-electron chi connectivity index (χ1n) is 5.96. The Morgan fingerprint density at radius 3 is 2.47 bits per heavy atom. The second kappa shape index (κ2) is 5.21. The lowest BCUT2D eigenvalue weighted by molar-refractivity contribution is 0.0272. The molecular weight excluding hydrogens is 259 g/mol. The third-order valence-corrected chi connectivity index (χ3v) is 3.10. The monoisotopic (exact) mass is 273 g/mol. The highest BCUT2D eigenvalue weighted by Crippen LogP contribution is 2.20. The van der Waals surface area contributed by atoms with Gasteiger partial charge in [0.05, 0.1) is 12.1 Å². The SMILES string of the molecule is CC1(NC(=O)c2cc(F)c(F)c(F)c2)CCCOC1. The highest BCUT2D eigenvalue weighted by Gasteiger charge is 2.30. The topological polar surface area (TPSA) is 38.3 Å². The Balaban J connectivity index is 2.16. The molecule has 1 atom stereocenters. The van der Waals surface area contributed by atoms with Crippen LogP contribution < -0.4 is 5.32 Å². The minimum absolute atomic E-state index is 0.247. The molecule has 0 radical (unpaired) electrons. The summed E-state index contributed by atoms with van der Waals surface area (Å²) in [5, 5.41) is 2.67. The molecule has 1 aromatic carbocycles. The molecule has 104 valence electrons. The molecule has 1 unspecified atom stereocenters. The Morgan fingerprint density at radius 2 is 1.95 bits per heavy atom. The van der Waals surface area contributed by atoms with Gasteiger partial charge in [-0.3, -0.25) is 4.79 Å². The highest BCUT2D eigenvalue weighted by molar-refractivity contribution is 5.94. The van der Waals surface area contributed by atoms with Gasteiger partial charge in [-0.15, -0.1) is 0 Å². The zero-order valence-corrected chi connectivity index (χ0v) is 10.4. The normalized spacial score (nSPS) is 23.2. The highest BCUT2D eigenvalue weighted by atomic mass is 19.2. The molecule has 0 saturated carbocycles. The van der Waals surface area contributed by atoms with Crippen molar-refractivity contribution >= 4 is 5.91 Å². The summed E-state index contributed by atoms with van der Waals surface area (Å²) in [6, 6.07) is 1.36. The maximum absolute atomic E-state index is 13.1. The molecule has 1 aliphatic rings. The van der Waals surface area contributed by atoms with Crippen LogP contribution in [0.25, 0.3) is 0 Å². The smallest absolute Gasteiger partial charge is 0.251 e. The summed E-state index contributed by atoms with van der Waals surface area (Å²) in [6.07, 6.45) is 1.51. The maximum Gasteiger partial charge on any atom is 0.251 e. The third-order valence-electron chi connectivity index (χ3n) is 3.10. The molecule has 1 heterocycles. The zero-order chi connectivity index (χ0) is 14.0. The molecule has 6 heteroatoms. The van der Waals surface area contributed by atoms with Gasteiger partial charge in [0.1, 0.15) is 0 Å². The van der Waals surface area contributed by atoms with Gasteiger partial charge in [0, 0.05) is 12.2 Å². The number of halogens is 3. The first kappa shape index (κ1) is 13.9. The van der Waals surface area contributed by atoms with E-state index in [1.807, 2.05) is 0 Å². The fourth-order valence-corrected chi connectivity index (χ4v) is 2.07. The van der Waals surface area contributed by atoms with Gasteiger partial charge >= 0.3 is 0 Å². The van der Waals surface area contributed by atoms with Crippen LogP contribution in [0.1, 0.15) is 30.1 Å². The van der Waals surface area contributed by atoms with Gasteiger partial charge in [-0.05, 0) is 31.9 Å². The summed E-state index contributed by atoms with van der Waals surface area (Å²) < 4.78 is 44.2. The molecule has 2 rings (SSSR count). The summed E-state index contributed by atoms with van der Waals surface area (Å²) in [7, 11) is 0. The van der Waals surface area contributed by atoms with Crippen molar-refractivity contribution in [1.82, 2.24) is 5.32 Å². The van der Waals surface area contributed by atoms with Crippen molar-refractivity contribution in [2.75, 3.05) is 13.2 Å². The number of hydrogen-bond donors (Lipinski definition) is 1. The van der Waals surface area contributed by atoms with Gasteiger partial charge in [0.15, 0.2) is 17.5 Å². The fourth-order valence-electron chi connectivity index (χ4n) is 2.07. The van der Waals surface area contributed by atoms with Crippen LogP contribution in [-0.4, -0.2) is 24.7 Å². The van der Waals surface area contributed by atoms with Gasteiger partial charge in [-0.2, -0.15) is 0 Å². The molecule has 19 heavy (non-hydrogen) atoms. The fraction of sp³-hybridized carbons (Fsp3) is 0.462. The number of carbonyl (C=O) groups excluding carboxylic acids is 1. The minimum atomic E-state index is -1.58. The van der Waals surface area contributed by atoms with E-state index in [0.717, 1.165) is 6.42 Å². The third kappa shape index (κ3) is 3.07.